The van der Waals surface area contributed by atoms with E-state index < -0.39 is 0 Å². The standard InChI is InChI=1S/C19H27ClN4O2/c1-14-4-5-15(12-16(14)20)21-18(26)24-11-10-23(3)19(13-24)7-6-17(25)22(2)9-8-19/h4-5,12H,6-11,13H2,1-3H3,(H,21,26)/t19-/m1/s1. The van der Waals surface area contributed by atoms with Crippen molar-refractivity contribution in [1.82, 2.24) is 14.7 Å². The first kappa shape index (κ1) is 19.0. The van der Waals surface area contributed by atoms with Crippen molar-refractivity contribution in [3.05, 3.63) is 28.8 Å². The number of carbonyl (C=O) groups excluding carboxylic acids is 2. The van der Waals surface area contributed by atoms with E-state index in [-0.39, 0.29) is 17.5 Å². The van der Waals surface area contributed by atoms with Crippen molar-refractivity contribution >= 4 is 29.2 Å². The van der Waals surface area contributed by atoms with E-state index >= 15 is 0 Å². The first-order chi connectivity index (χ1) is 12.3. The summed E-state index contributed by atoms with van der Waals surface area (Å²) in [6.45, 7) is 4.78. The Morgan fingerprint density at radius 1 is 1.19 bits per heavy atom. The van der Waals surface area contributed by atoms with Crippen LogP contribution in [0.2, 0.25) is 5.02 Å². The molecule has 0 aliphatic carbocycles. The number of nitrogens with one attached hydrogen (secondary N) is 1. The smallest absolute Gasteiger partial charge is 0.321 e. The number of rotatable bonds is 1. The summed E-state index contributed by atoms with van der Waals surface area (Å²) in [7, 11) is 3.96. The summed E-state index contributed by atoms with van der Waals surface area (Å²) in [4.78, 5) is 30.8. The fourth-order valence-electron chi connectivity index (χ4n) is 3.81. The van der Waals surface area contributed by atoms with Gasteiger partial charge in [-0.15, -0.1) is 0 Å². The molecule has 2 saturated heterocycles. The molecule has 142 valence electrons. The number of amides is 3. The highest BCUT2D eigenvalue weighted by Crippen LogP contribution is 2.32. The monoisotopic (exact) mass is 378 g/mol. The van der Waals surface area contributed by atoms with Gasteiger partial charge in [-0.25, -0.2) is 4.79 Å². The van der Waals surface area contributed by atoms with Crippen molar-refractivity contribution in [3.8, 4) is 0 Å². The topological polar surface area (TPSA) is 55.9 Å². The Bertz CT molecular complexity index is 711. The first-order valence-corrected chi connectivity index (χ1v) is 9.46. The van der Waals surface area contributed by atoms with Crippen molar-refractivity contribution in [1.29, 1.82) is 0 Å². The minimum atomic E-state index is -0.138. The van der Waals surface area contributed by atoms with Crippen molar-refractivity contribution in [2.24, 2.45) is 0 Å². The molecule has 2 fully saturated rings. The predicted octanol–water partition coefficient (Wildman–Crippen LogP) is 2.81. The zero-order chi connectivity index (χ0) is 18.9. The van der Waals surface area contributed by atoms with Crippen LogP contribution in [-0.2, 0) is 4.79 Å². The second-order valence-electron chi connectivity index (χ2n) is 7.53. The second-order valence-corrected chi connectivity index (χ2v) is 7.93. The van der Waals surface area contributed by atoms with Gasteiger partial charge in [0, 0.05) is 55.9 Å². The van der Waals surface area contributed by atoms with E-state index in [0.29, 0.717) is 30.2 Å². The van der Waals surface area contributed by atoms with Gasteiger partial charge in [-0.05, 0) is 44.5 Å². The van der Waals surface area contributed by atoms with Gasteiger partial charge >= 0.3 is 6.03 Å². The SMILES string of the molecule is Cc1ccc(NC(=O)N2CCN(C)[C@@]3(CCC(=O)N(C)CC3)C2)cc1Cl. The van der Waals surface area contributed by atoms with Crippen molar-refractivity contribution < 1.29 is 9.59 Å². The average molecular weight is 379 g/mol. The van der Waals surface area contributed by atoms with Gasteiger partial charge in [0.15, 0.2) is 0 Å². The summed E-state index contributed by atoms with van der Waals surface area (Å²) < 4.78 is 0. The van der Waals surface area contributed by atoms with Crippen molar-refractivity contribution in [2.75, 3.05) is 45.6 Å². The highest BCUT2D eigenvalue weighted by molar-refractivity contribution is 6.31. The molecule has 3 rings (SSSR count). The van der Waals surface area contributed by atoms with Gasteiger partial charge in [0.1, 0.15) is 0 Å². The maximum Gasteiger partial charge on any atom is 0.321 e. The number of nitrogens with zero attached hydrogens (tertiary/aromatic N) is 3. The molecule has 0 radical (unpaired) electrons. The Hall–Kier alpha value is -1.79. The molecule has 6 nitrogen and oxygen atoms in total. The summed E-state index contributed by atoms with van der Waals surface area (Å²) in [5.74, 6) is 0.186. The van der Waals surface area contributed by atoms with Crippen LogP contribution >= 0.6 is 11.6 Å². The first-order valence-electron chi connectivity index (χ1n) is 9.08. The van der Waals surface area contributed by atoms with Crippen LogP contribution < -0.4 is 5.32 Å². The van der Waals surface area contributed by atoms with Gasteiger partial charge in [0.05, 0.1) is 0 Å². The number of halogens is 1. The van der Waals surface area contributed by atoms with Crippen LogP contribution in [0, 0.1) is 6.92 Å². The summed E-state index contributed by atoms with van der Waals surface area (Å²) in [6.07, 6.45) is 2.20. The van der Waals surface area contributed by atoms with E-state index in [1.54, 1.807) is 11.0 Å². The Balaban J connectivity index is 1.71. The quantitative estimate of drug-likeness (QED) is 0.817. The molecule has 0 bridgehead atoms. The van der Waals surface area contributed by atoms with E-state index in [2.05, 4.69) is 17.3 Å². The normalized spacial score (nSPS) is 24.7. The maximum atomic E-state index is 12.8. The van der Waals surface area contributed by atoms with Gasteiger partial charge in [-0.2, -0.15) is 0 Å². The third-order valence-electron chi connectivity index (χ3n) is 5.85. The summed E-state index contributed by atoms with van der Waals surface area (Å²) in [5.41, 5.74) is 1.55. The van der Waals surface area contributed by atoms with E-state index in [1.165, 1.54) is 0 Å². The zero-order valence-corrected chi connectivity index (χ0v) is 16.5. The third kappa shape index (κ3) is 3.81. The molecule has 1 aromatic rings. The molecule has 0 unspecified atom stereocenters. The van der Waals surface area contributed by atoms with Gasteiger partial charge in [-0.1, -0.05) is 17.7 Å². The third-order valence-corrected chi connectivity index (χ3v) is 6.26. The zero-order valence-electron chi connectivity index (χ0n) is 15.7. The summed E-state index contributed by atoms with van der Waals surface area (Å²) in [5, 5.41) is 3.60. The van der Waals surface area contributed by atoms with Crippen LogP contribution in [0.25, 0.3) is 0 Å². The number of likely N-dealkylation sites (N-methyl/N-ethyl adjacent to an activating group) is 1. The molecule has 1 aromatic carbocycles. The number of aryl methyl sites for hydroxylation is 1. The van der Waals surface area contributed by atoms with Crippen LogP contribution in [0.3, 0.4) is 0 Å². The lowest BCUT2D eigenvalue weighted by molar-refractivity contribution is -0.129. The summed E-state index contributed by atoms with van der Waals surface area (Å²) >= 11 is 6.16. The van der Waals surface area contributed by atoms with Crippen molar-refractivity contribution in [3.63, 3.8) is 0 Å². The average Bonchev–Trinajstić information content (AvgIpc) is 2.75. The molecule has 0 saturated carbocycles. The van der Waals surface area contributed by atoms with Crippen LogP contribution in [0.15, 0.2) is 18.2 Å². The minimum absolute atomic E-state index is 0.110. The highest BCUT2D eigenvalue weighted by atomic mass is 35.5. The molecule has 0 aromatic heterocycles. The van der Waals surface area contributed by atoms with E-state index in [4.69, 9.17) is 11.6 Å². The fourth-order valence-corrected chi connectivity index (χ4v) is 3.99. The molecule has 7 heteroatoms. The molecule has 1 spiro atoms. The van der Waals surface area contributed by atoms with Crippen LogP contribution in [-0.4, -0.2) is 72.5 Å². The van der Waals surface area contributed by atoms with Gasteiger partial charge in [0.2, 0.25) is 5.91 Å². The Morgan fingerprint density at radius 2 is 1.96 bits per heavy atom. The molecule has 1 N–H and O–H groups in total. The van der Waals surface area contributed by atoms with E-state index in [9.17, 15) is 9.59 Å². The van der Waals surface area contributed by atoms with Crippen LogP contribution in [0.1, 0.15) is 24.8 Å². The minimum Gasteiger partial charge on any atom is -0.346 e. The molecule has 26 heavy (non-hydrogen) atoms. The lowest BCUT2D eigenvalue weighted by atomic mass is 9.86. The number of likely N-dealkylation sites (tertiary alicyclic amines) is 1. The molecule has 2 aliphatic heterocycles. The fraction of sp³-hybridized carbons (Fsp3) is 0.579. The van der Waals surface area contributed by atoms with E-state index in [1.807, 2.05) is 31.0 Å². The highest BCUT2D eigenvalue weighted by Gasteiger charge is 2.42. The Morgan fingerprint density at radius 3 is 2.69 bits per heavy atom. The predicted molar refractivity (Wildman–Crippen MR) is 104 cm³/mol. The molecule has 1 atom stereocenters. The number of hydrogen-bond acceptors (Lipinski definition) is 3. The van der Waals surface area contributed by atoms with Crippen LogP contribution in [0.5, 0.6) is 0 Å². The van der Waals surface area contributed by atoms with Crippen molar-refractivity contribution in [2.45, 2.75) is 31.7 Å². The summed E-state index contributed by atoms with van der Waals surface area (Å²) in [6, 6.07) is 5.43. The largest absolute Gasteiger partial charge is 0.346 e. The number of anilines is 1. The van der Waals surface area contributed by atoms with Gasteiger partial charge in [0.25, 0.3) is 0 Å². The Labute approximate surface area is 160 Å². The second kappa shape index (κ2) is 7.45. The van der Waals surface area contributed by atoms with Crippen LogP contribution in [0.4, 0.5) is 10.5 Å². The molecular weight excluding hydrogens is 352 g/mol. The Kier molecular flexibility index (Phi) is 5.44. The molecule has 2 heterocycles. The van der Waals surface area contributed by atoms with Gasteiger partial charge in [-0.3, -0.25) is 9.69 Å². The molecular formula is C19H27ClN4O2. The lowest BCUT2D eigenvalue weighted by Gasteiger charge is -2.49. The maximum absolute atomic E-state index is 12.8. The molecule has 2 aliphatic rings. The van der Waals surface area contributed by atoms with E-state index in [0.717, 1.165) is 31.5 Å². The van der Waals surface area contributed by atoms with Gasteiger partial charge < -0.3 is 15.1 Å². The number of hydrogen-bond donors (Lipinski definition) is 1. The number of carbonyl (C=O) groups is 2. The number of piperazine rings is 1. The molecule has 3 amide bonds. The number of urea groups is 1. The number of benzene rings is 1. The lowest BCUT2D eigenvalue weighted by Crippen LogP contribution is -2.62.